The smallest absolute Gasteiger partial charge is 0.246 e. The van der Waals surface area contributed by atoms with Crippen LogP contribution in [-0.2, 0) is 5.54 Å². The lowest BCUT2D eigenvalue weighted by Gasteiger charge is -2.33. The largest absolute Gasteiger partial charge is 0.337 e. The quantitative estimate of drug-likeness (QED) is 0.905. The lowest BCUT2D eigenvalue weighted by atomic mass is 9.77. The maximum absolute atomic E-state index is 6.51. The summed E-state index contributed by atoms with van der Waals surface area (Å²) in [6.45, 7) is 2.26. The van der Waals surface area contributed by atoms with Crippen molar-refractivity contribution in [3.8, 4) is 0 Å². The SMILES string of the molecule is CC1CCCC(N)(c2nc(C3CSCCS3)no2)C1. The zero-order valence-corrected chi connectivity index (χ0v) is 12.9. The van der Waals surface area contributed by atoms with Crippen molar-refractivity contribution in [1.29, 1.82) is 0 Å². The Morgan fingerprint density at radius 3 is 3.05 bits per heavy atom. The molecule has 2 fully saturated rings. The molecule has 0 spiro atoms. The fourth-order valence-corrected chi connectivity index (χ4v) is 5.58. The molecule has 3 atom stereocenters. The molecule has 1 saturated heterocycles. The normalized spacial score (nSPS) is 36.3. The average molecular weight is 299 g/mol. The molecule has 4 nitrogen and oxygen atoms in total. The third-order valence-corrected chi connectivity index (χ3v) is 6.76. The Balaban J connectivity index is 1.76. The Morgan fingerprint density at radius 1 is 1.42 bits per heavy atom. The summed E-state index contributed by atoms with van der Waals surface area (Å²) in [5, 5.41) is 4.56. The molecule has 0 bridgehead atoms. The van der Waals surface area contributed by atoms with Crippen LogP contribution in [0.1, 0.15) is 49.6 Å². The zero-order chi connectivity index (χ0) is 13.3. The summed E-state index contributed by atoms with van der Waals surface area (Å²) in [6, 6.07) is 0. The van der Waals surface area contributed by atoms with Gasteiger partial charge in [0.1, 0.15) is 0 Å². The van der Waals surface area contributed by atoms with Gasteiger partial charge in [0.25, 0.3) is 0 Å². The number of rotatable bonds is 2. The van der Waals surface area contributed by atoms with Crippen LogP contribution in [-0.4, -0.2) is 27.4 Å². The average Bonchev–Trinajstić information content (AvgIpc) is 2.90. The minimum atomic E-state index is -0.393. The van der Waals surface area contributed by atoms with Crippen molar-refractivity contribution in [3.63, 3.8) is 0 Å². The lowest BCUT2D eigenvalue weighted by molar-refractivity contribution is 0.183. The van der Waals surface area contributed by atoms with Gasteiger partial charge in [-0.2, -0.15) is 16.7 Å². The summed E-state index contributed by atoms with van der Waals surface area (Å²) in [6.07, 6.45) is 4.34. The van der Waals surface area contributed by atoms with Gasteiger partial charge in [-0.15, -0.1) is 11.8 Å². The van der Waals surface area contributed by atoms with Crippen LogP contribution in [0.25, 0.3) is 0 Å². The highest BCUT2D eigenvalue weighted by atomic mass is 32.2. The Kier molecular flexibility index (Phi) is 4.10. The van der Waals surface area contributed by atoms with Crippen LogP contribution in [0.2, 0.25) is 0 Å². The van der Waals surface area contributed by atoms with E-state index in [4.69, 9.17) is 10.3 Å². The molecular weight excluding hydrogens is 278 g/mol. The first kappa shape index (κ1) is 13.8. The van der Waals surface area contributed by atoms with Gasteiger partial charge in [-0.05, 0) is 18.8 Å². The molecule has 1 saturated carbocycles. The predicted octanol–water partition coefficient (Wildman–Crippen LogP) is 2.95. The number of aromatic nitrogens is 2. The summed E-state index contributed by atoms with van der Waals surface area (Å²) in [5.41, 5.74) is 6.11. The Labute approximate surface area is 122 Å². The van der Waals surface area contributed by atoms with E-state index in [2.05, 4.69) is 17.1 Å². The second-order valence-electron chi connectivity index (χ2n) is 5.75. The predicted molar refractivity (Wildman–Crippen MR) is 80.3 cm³/mol. The first-order valence-electron chi connectivity index (χ1n) is 7.00. The van der Waals surface area contributed by atoms with E-state index in [1.807, 2.05) is 23.5 Å². The van der Waals surface area contributed by atoms with Gasteiger partial charge in [-0.3, -0.25) is 0 Å². The van der Waals surface area contributed by atoms with Gasteiger partial charge < -0.3 is 10.3 Å². The summed E-state index contributed by atoms with van der Waals surface area (Å²) in [4.78, 5) is 4.63. The van der Waals surface area contributed by atoms with Crippen molar-refractivity contribution in [1.82, 2.24) is 10.1 Å². The molecule has 2 N–H and O–H groups in total. The molecule has 1 aliphatic heterocycles. The molecule has 19 heavy (non-hydrogen) atoms. The maximum atomic E-state index is 6.51. The van der Waals surface area contributed by atoms with E-state index in [1.165, 1.54) is 17.9 Å². The molecule has 3 unspecified atom stereocenters. The number of nitrogens with zero attached hydrogens (tertiary/aromatic N) is 2. The van der Waals surface area contributed by atoms with E-state index < -0.39 is 5.54 Å². The second-order valence-corrected chi connectivity index (χ2v) is 8.21. The lowest BCUT2D eigenvalue weighted by Crippen LogP contribution is -2.41. The highest BCUT2D eigenvalue weighted by molar-refractivity contribution is 8.06. The Bertz CT molecular complexity index is 433. The van der Waals surface area contributed by atoms with Crippen LogP contribution >= 0.6 is 23.5 Å². The molecule has 2 aliphatic rings. The molecule has 0 radical (unpaired) electrons. The standard InChI is InChI=1S/C13H21N3OS2/c1-9-3-2-4-13(14,7-9)12-15-11(16-17-12)10-8-18-5-6-19-10/h9-10H,2-8,14H2,1H3. The van der Waals surface area contributed by atoms with Crippen LogP contribution < -0.4 is 5.73 Å². The maximum Gasteiger partial charge on any atom is 0.246 e. The Hall–Kier alpha value is -0.200. The topological polar surface area (TPSA) is 64.9 Å². The monoisotopic (exact) mass is 299 g/mol. The first-order valence-corrected chi connectivity index (χ1v) is 9.20. The molecular formula is C13H21N3OS2. The summed E-state index contributed by atoms with van der Waals surface area (Å²) < 4.78 is 5.50. The second kappa shape index (κ2) is 5.66. The fraction of sp³-hybridized carbons (Fsp3) is 0.846. The van der Waals surface area contributed by atoms with Crippen molar-refractivity contribution in [3.05, 3.63) is 11.7 Å². The van der Waals surface area contributed by atoms with Gasteiger partial charge in [0, 0.05) is 17.3 Å². The van der Waals surface area contributed by atoms with Gasteiger partial charge in [-0.25, -0.2) is 0 Å². The van der Waals surface area contributed by atoms with Gasteiger partial charge in [0.2, 0.25) is 5.89 Å². The van der Waals surface area contributed by atoms with E-state index in [-0.39, 0.29) is 0 Å². The van der Waals surface area contributed by atoms with Crippen molar-refractivity contribution in [2.75, 3.05) is 17.3 Å². The first-order chi connectivity index (χ1) is 9.17. The van der Waals surface area contributed by atoms with E-state index >= 15 is 0 Å². The van der Waals surface area contributed by atoms with Crippen LogP contribution in [0.4, 0.5) is 0 Å². The summed E-state index contributed by atoms with van der Waals surface area (Å²) >= 11 is 3.90. The van der Waals surface area contributed by atoms with Gasteiger partial charge >= 0.3 is 0 Å². The molecule has 1 aliphatic carbocycles. The minimum Gasteiger partial charge on any atom is -0.337 e. The number of hydrogen-bond donors (Lipinski definition) is 1. The van der Waals surface area contributed by atoms with E-state index in [0.29, 0.717) is 17.1 Å². The molecule has 1 aromatic heterocycles. The fourth-order valence-electron chi connectivity index (χ4n) is 2.99. The summed E-state index contributed by atoms with van der Waals surface area (Å²) in [5.74, 6) is 5.63. The molecule has 6 heteroatoms. The molecule has 106 valence electrons. The van der Waals surface area contributed by atoms with Crippen molar-refractivity contribution in [2.45, 2.75) is 43.4 Å². The van der Waals surface area contributed by atoms with Gasteiger partial charge in [0.15, 0.2) is 5.82 Å². The molecule has 2 heterocycles. The zero-order valence-electron chi connectivity index (χ0n) is 11.3. The molecule has 0 amide bonds. The minimum absolute atomic E-state index is 0.376. The van der Waals surface area contributed by atoms with Crippen LogP contribution in [0.5, 0.6) is 0 Å². The van der Waals surface area contributed by atoms with Gasteiger partial charge in [-0.1, -0.05) is 24.9 Å². The van der Waals surface area contributed by atoms with Crippen molar-refractivity contribution < 1.29 is 4.52 Å². The number of hydrogen-bond acceptors (Lipinski definition) is 6. The molecule has 3 rings (SSSR count). The van der Waals surface area contributed by atoms with Crippen molar-refractivity contribution >= 4 is 23.5 Å². The number of thioether (sulfide) groups is 2. The molecule has 1 aromatic rings. The van der Waals surface area contributed by atoms with Crippen LogP contribution in [0.3, 0.4) is 0 Å². The highest BCUT2D eigenvalue weighted by Gasteiger charge is 2.38. The van der Waals surface area contributed by atoms with E-state index in [9.17, 15) is 0 Å². The van der Waals surface area contributed by atoms with Gasteiger partial charge in [0.05, 0.1) is 10.8 Å². The van der Waals surface area contributed by atoms with Crippen LogP contribution in [0.15, 0.2) is 4.52 Å². The Morgan fingerprint density at radius 2 is 2.32 bits per heavy atom. The number of nitrogens with two attached hydrogens (primary N) is 1. The van der Waals surface area contributed by atoms with Crippen LogP contribution in [0, 0.1) is 5.92 Å². The van der Waals surface area contributed by atoms with E-state index in [1.54, 1.807) is 0 Å². The van der Waals surface area contributed by atoms with E-state index in [0.717, 1.165) is 30.8 Å². The highest BCUT2D eigenvalue weighted by Crippen LogP contribution is 2.39. The third kappa shape index (κ3) is 2.95. The summed E-state index contributed by atoms with van der Waals surface area (Å²) in [7, 11) is 0. The van der Waals surface area contributed by atoms with Crippen molar-refractivity contribution in [2.24, 2.45) is 11.7 Å². The molecule has 0 aromatic carbocycles. The third-order valence-electron chi connectivity index (χ3n) is 4.00.